The third-order valence-electron chi connectivity index (χ3n) is 3.84. The molecule has 0 spiro atoms. The van der Waals surface area contributed by atoms with E-state index in [2.05, 4.69) is 37.8 Å². The fourth-order valence-electron chi connectivity index (χ4n) is 2.77. The summed E-state index contributed by atoms with van der Waals surface area (Å²) in [5, 5.41) is 11.6. The molecule has 0 saturated heterocycles. The number of thiophene rings is 1. The number of nitrogens with one attached hydrogen (secondary N) is 1. The molecule has 1 unspecified atom stereocenters. The van der Waals surface area contributed by atoms with Gasteiger partial charge in [-0.1, -0.05) is 15.9 Å². The molecule has 1 aliphatic heterocycles. The number of benzene rings is 1. The number of anilines is 1. The Kier molecular flexibility index (Phi) is 3.35. The normalized spacial score (nSPS) is 17.1. The highest BCUT2D eigenvalue weighted by molar-refractivity contribution is 9.10. The van der Waals surface area contributed by atoms with Crippen LogP contribution in [0.25, 0.3) is 5.69 Å². The SMILES string of the molecule is O=C1CC(c2ccsc2)c2cnn(-c3ccc(Br)cc3)c2N1. The Morgan fingerprint density at radius 3 is 2.82 bits per heavy atom. The van der Waals surface area contributed by atoms with Crippen molar-refractivity contribution < 1.29 is 4.79 Å². The molecule has 4 rings (SSSR count). The van der Waals surface area contributed by atoms with Crippen LogP contribution in [0.5, 0.6) is 0 Å². The van der Waals surface area contributed by atoms with E-state index in [1.807, 2.05) is 35.8 Å². The molecule has 0 bridgehead atoms. The van der Waals surface area contributed by atoms with Gasteiger partial charge in [-0.15, -0.1) is 0 Å². The van der Waals surface area contributed by atoms with E-state index in [1.165, 1.54) is 5.56 Å². The summed E-state index contributed by atoms with van der Waals surface area (Å²) in [7, 11) is 0. The van der Waals surface area contributed by atoms with E-state index < -0.39 is 0 Å². The molecule has 6 heteroatoms. The Labute approximate surface area is 139 Å². The average Bonchev–Trinajstić information content (AvgIpc) is 3.16. The van der Waals surface area contributed by atoms with Gasteiger partial charge in [0.25, 0.3) is 0 Å². The van der Waals surface area contributed by atoms with Crippen molar-refractivity contribution in [2.45, 2.75) is 12.3 Å². The number of amides is 1. The van der Waals surface area contributed by atoms with Gasteiger partial charge in [0.05, 0.1) is 11.9 Å². The van der Waals surface area contributed by atoms with Crippen molar-refractivity contribution in [1.82, 2.24) is 9.78 Å². The van der Waals surface area contributed by atoms with Crippen LogP contribution in [-0.4, -0.2) is 15.7 Å². The quantitative estimate of drug-likeness (QED) is 0.732. The van der Waals surface area contributed by atoms with Gasteiger partial charge in [-0.2, -0.15) is 16.4 Å². The van der Waals surface area contributed by atoms with Crippen molar-refractivity contribution in [2.24, 2.45) is 0 Å². The first-order valence-corrected chi connectivity index (χ1v) is 8.62. The summed E-state index contributed by atoms with van der Waals surface area (Å²) < 4.78 is 2.80. The van der Waals surface area contributed by atoms with E-state index in [4.69, 9.17) is 0 Å². The largest absolute Gasteiger partial charge is 0.310 e. The second kappa shape index (κ2) is 5.37. The number of fused-ring (bicyclic) bond motifs is 1. The van der Waals surface area contributed by atoms with Gasteiger partial charge in [-0.3, -0.25) is 4.79 Å². The molecule has 1 atom stereocenters. The van der Waals surface area contributed by atoms with Crippen LogP contribution in [0.3, 0.4) is 0 Å². The smallest absolute Gasteiger partial charge is 0.226 e. The number of carbonyl (C=O) groups is 1. The first-order valence-electron chi connectivity index (χ1n) is 6.88. The van der Waals surface area contributed by atoms with Crippen molar-refractivity contribution >= 4 is 39.0 Å². The summed E-state index contributed by atoms with van der Waals surface area (Å²) in [4.78, 5) is 12.1. The van der Waals surface area contributed by atoms with Crippen LogP contribution in [0.1, 0.15) is 23.5 Å². The number of halogens is 1. The number of hydrogen-bond acceptors (Lipinski definition) is 3. The van der Waals surface area contributed by atoms with E-state index >= 15 is 0 Å². The number of nitrogens with zero attached hydrogens (tertiary/aromatic N) is 2. The van der Waals surface area contributed by atoms with E-state index in [-0.39, 0.29) is 11.8 Å². The first-order chi connectivity index (χ1) is 10.7. The van der Waals surface area contributed by atoms with Crippen LogP contribution < -0.4 is 5.32 Å². The molecule has 0 aliphatic carbocycles. The highest BCUT2D eigenvalue weighted by atomic mass is 79.9. The van der Waals surface area contributed by atoms with E-state index in [1.54, 1.807) is 16.0 Å². The number of rotatable bonds is 2. The molecule has 22 heavy (non-hydrogen) atoms. The van der Waals surface area contributed by atoms with Gasteiger partial charge in [0.15, 0.2) is 0 Å². The van der Waals surface area contributed by atoms with Crippen LogP contribution in [0.2, 0.25) is 0 Å². The zero-order valence-corrected chi connectivity index (χ0v) is 13.9. The summed E-state index contributed by atoms with van der Waals surface area (Å²) in [5.74, 6) is 0.886. The molecule has 0 radical (unpaired) electrons. The van der Waals surface area contributed by atoms with Gasteiger partial charge >= 0.3 is 0 Å². The maximum atomic E-state index is 12.1. The van der Waals surface area contributed by atoms with Crippen molar-refractivity contribution in [2.75, 3.05) is 5.32 Å². The third kappa shape index (κ3) is 2.28. The fraction of sp³-hybridized carbons (Fsp3) is 0.125. The molecule has 1 aliphatic rings. The predicted molar refractivity (Wildman–Crippen MR) is 90.7 cm³/mol. The summed E-state index contributed by atoms with van der Waals surface area (Å²) in [5.41, 5.74) is 3.17. The second-order valence-electron chi connectivity index (χ2n) is 5.20. The van der Waals surface area contributed by atoms with Crippen LogP contribution in [-0.2, 0) is 4.79 Å². The van der Waals surface area contributed by atoms with Crippen LogP contribution in [0.4, 0.5) is 5.82 Å². The molecule has 2 aromatic heterocycles. The maximum Gasteiger partial charge on any atom is 0.226 e. The van der Waals surface area contributed by atoms with Crippen molar-refractivity contribution in [3.05, 3.63) is 62.9 Å². The van der Waals surface area contributed by atoms with E-state index in [9.17, 15) is 4.79 Å². The van der Waals surface area contributed by atoms with Crippen LogP contribution in [0.15, 0.2) is 51.8 Å². The Bertz CT molecular complexity index is 824. The van der Waals surface area contributed by atoms with E-state index in [0.29, 0.717) is 6.42 Å². The topological polar surface area (TPSA) is 46.9 Å². The molecule has 1 amide bonds. The summed E-state index contributed by atoms with van der Waals surface area (Å²) in [6, 6.07) is 9.94. The molecule has 3 heterocycles. The Balaban J connectivity index is 1.82. The minimum absolute atomic E-state index is 0.0301. The molecule has 4 nitrogen and oxygen atoms in total. The minimum atomic E-state index is 0.0301. The predicted octanol–water partition coefficient (Wildman–Crippen LogP) is 4.17. The van der Waals surface area contributed by atoms with Gasteiger partial charge in [-0.25, -0.2) is 4.68 Å². The molecule has 1 N–H and O–H groups in total. The second-order valence-corrected chi connectivity index (χ2v) is 6.89. The standard InChI is InChI=1S/C16H12BrN3OS/c17-11-1-3-12(4-2-11)20-16-14(8-18-20)13(7-15(21)19-16)10-5-6-22-9-10/h1-6,8-9,13H,7H2,(H,19,21). The molecule has 3 aromatic rings. The molecular weight excluding hydrogens is 362 g/mol. The zero-order chi connectivity index (χ0) is 15.1. The third-order valence-corrected chi connectivity index (χ3v) is 5.07. The first kappa shape index (κ1) is 13.7. The lowest BCUT2D eigenvalue weighted by atomic mass is 9.89. The summed E-state index contributed by atoms with van der Waals surface area (Å²) >= 11 is 5.08. The highest BCUT2D eigenvalue weighted by Crippen LogP contribution is 2.38. The highest BCUT2D eigenvalue weighted by Gasteiger charge is 2.30. The van der Waals surface area contributed by atoms with Gasteiger partial charge in [-0.05, 0) is 46.7 Å². The molecule has 110 valence electrons. The van der Waals surface area contributed by atoms with Crippen LogP contribution >= 0.6 is 27.3 Å². The number of aromatic nitrogens is 2. The van der Waals surface area contributed by atoms with Crippen molar-refractivity contribution in [3.63, 3.8) is 0 Å². The van der Waals surface area contributed by atoms with Crippen molar-refractivity contribution in [1.29, 1.82) is 0 Å². The van der Waals surface area contributed by atoms with Gasteiger partial charge in [0, 0.05) is 22.4 Å². The number of carbonyl (C=O) groups excluding carboxylic acids is 1. The van der Waals surface area contributed by atoms with E-state index in [0.717, 1.165) is 21.5 Å². The Hall–Kier alpha value is -1.92. The lowest BCUT2D eigenvalue weighted by Crippen LogP contribution is -2.24. The average molecular weight is 374 g/mol. The Morgan fingerprint density at radius 1 is 1.27 bits per heavy atom. The van der Waals surface area contributed by atoms with Crippen LogP contribution in [0, 0.1) is 0 Å². The summed E-state index contributed by atoms with van der Waals surface area (Å²) in [6.45, 7) is 0. The minimum Gasteiger partial charge on any atom is -0.310 e. The lowest BCUT2D eigenvalue weighted by molar-refractivity contribution is -0.116. The van der Waals surface area contributed by atoms with Crippen molar-refractivity contribution in [3.8, 4) is 5.69 Å². The molecule has 0 saturated carbocycles. The monoisotopic (exact) mass is 373 g/mol. The zero-order valence-electron chi connectivity index (χ0n) is 11.5. The fourth-order valence-corrected chi connectivity index (χ4v) is 3.75. The molecule has 0 fully saturated rings. The molecular formula is C16H12BrN3OS. The van der Waals surface area contributed by atoms with Gasteiger partial charge < -0.3 is 5.32 Å². The lowest BCUT2D eigenvalue weighted by Gasteiger charge is -2.22. The Morgan fingerprint density at radius 2 is 2.09 bits per heavy atom. The summed E-state index contributed by atoms with van der Waals surface area (Å²) in [6.07, 6.45) is 2.33. The number of hydrogen-bond donors (Lipinski definition) is 1. The maximum absolute atomic E-state index is 12.1. The molecule has 1 aromatic carbocycles. The van der Waals surface area contributed by atoms with Gasteiger partial charge in [0.2, 0.25) is 5.91 Å². The van der Waals surface area contributed by atoms with Gasteiger partial charge in [0.1, 0.15) is 5.82 Å².